The second-order valence-electron chi connectivity index (χ2n) is 4.42. The Morgan fingerprint density at radius 3 is 2.89 bits per heavy atom. The van der Waals surface area contributed by atoms with Crippen LogP contribution in [0.4, 0.5) is 5.69 Å². The van der Waals surface area contributed by atoms with Crippen LogP contribution in [0.5, 0.6) is 0 Å². The Bertz CT molecular complexity index is 509. The summed E-state index contributed by atoms with van der Waals surface area (Å²) in [7, 11) is 0. The molecular formula is C13H14BrN3O. The monoisotopic (exact) mass is 307 g/mol. The number of amides is 1. The maximum absolute atomic E-state index is 11.5. The van der Waals surface area contributed by atoms with Gasteiger partial charge in [-0.2, -0.15) is 5.26 Å². The minimum absolute atomic E-state index is 0.264. The summed E-state index contributed by atoms with van der Waals surface area (Å²) in [6.07, 6.45) is 2.84. The molecule has 5 heteroatoms. The molecule has 4 nitrogen and oxygen atoms in total. The van der Waals surface area contributed by atoms with Gasteiger partial charge in [0.2, 0.25) is 5.91 Å². The van der Waals surface area contributed by atoms with Crippen molar-refractivity contribution in [3.05, 3.63) is 28.2 Å². The molecule has 1 aliphatic heterocycles. The van der Waals surface area contributed by atoms with E-state index in [2.05, 4.69) is 22.0 Å². The predicted octanol–water partition coefficient (Wildman–Crippen LogP) is 2.16. The first-order valence-corrected chi connectivity index (χ1v) is 6.68. The van der Waals surface area contributed by atoms with Crippen molar-refractivity contribution in [3.8, 4) is 6.07 Å². The van der Waals surface area contributed by atoms with Gasteiger partial charge in [0.05, 0.1) is 11.6 Å². The van der Waals surface area contributed by atoms with Crippen molar-refractivity contribution >= 4 is 27.5 Å². The number of carbonyl (C=O) groups is 1. The third-order valence-corrected chi connectivity index (χ3v) is 3.63. The second kappa shape index (κ2) is 5.40. The number of primary amides is 1. The number of piperidine rings is 1. The number of benzene rings is 1. The zero-order valence-electron chi connectivity index (χ0n) is 9.90. The molecule has 0 bridgehead atoms. The van der Waals surface area contributed by atoms with Gasteiger partial charge in [-0.3, -0.25) is 4.79 Å². The number of nitriles is 1. The van der Waals surface area contributed by atoms with Crippen LogP contribution in [0.2, 0.25) is 0 Å². The molecule has 0 radical (unpaired) electrons. The van der Waals surface area contributed by atoms with Crippen LogP contribution < -0.4 is 10.6 Å². The molecular weight excluding hydrogens is 294 g/mol. The first-order valence-electron chi connectivity index (χ1n) is 5.88. The minimum atomic E-state index is -0.298. The predicted molar refractivity (Wildman–Crippen MR) is 73.0 cm³/mol. The molecule has 1 heterocycles. The highest BCUT2D eigenvalue weighted by atomic mass is 79.9. The number of rotatable bonds is 2. The van der Waals surface area contributed by atoms with E-state index in [9.17, 15) is 4.79 Å². The maximum atomic E-state index is 11.5. The van der Waals surface area contributed by atoms with E-state index in [1.165, 1.54) is 0 Å². The lowest BCUT2D eigenvalue weighted by Gasteiger charge is -2.35. The van der Waals surface area contributed by atoms with Crippen molar-refractivity contribution < 1.29 is 4.79 Å². The fourth-order valence-corrected chi connectivity index (χ4v) is 2.82. The van der Waals surface area contributed by atoms with Crippen LogP contribution in [-0.4, -0.2) is 18.5 Å². The van der Waals surface area contributed by atoms with E-state index < -0.39 is 0 Å². The van der Waals surface area contributed by atoms with Gasteiger partial charge in [-0.1, -0.05) is 15.9 Å². The normalized spacial score (nSPS) is 19.3. The molecule has 1 aromatic rings. The van der Waals surface area contributed by atoms with Crippen molar-refractivity contribution in [2.24, 2.45) is 5.73 Å². The Morgan fingerprint density at radius 2 is 2.22 bits per heavy atom. The minimum Gasteiger partial charge on any atom is -0.368 e. The van der Waals surface area contributed by atoms with Crippen LogP contribution in [0.15, 0.2) is 22.7 Å². The molecule has 0 saturated carbocycles. The smallest absolute Gasteiger partial charge is 0.240 e. The number of nitrogens with two attached hydrogens (primary N) is 1. The molecule has 0 aliphatic carbocycles. The van der Waals surface area contributed by atoms with Gasteiger partial charge in [-0.25, -0.2) is 0 Å². The first-order chi connectivity index (χ1) is 8.61. The van der Waals surface area contributed by atoms with Crippen LogP contribution in [-0.2, 0) is 4.79 Å². The lowest BCUT2D eigenvalue weighted by atomic mass is 10.0. The van der Waals surface area contributed by atoms with Gasteiger partial charge in [0.25, 0.3) is 0 Å². The Kier molecular flexibility index (Phi) is 3.87. The average Bonchev–Trinajstić information content (AvgIpc) is 2.38. The first kappa shape index (κ1) is 12.9. The SMILES string of the molecule is N#Cc1cc(Br)cc(N2CCCCC2C(N)=O)c1. The van der Waals surface area contributed by atoms with Gasteiger partial charge >= 0.3 is 0 Å². The van der Waals surface area contributed by atoms with E-state index in [1.54, 1.807) is 12.1 Å². The topological polar surface area (TPSA) is 70.1 Å². The molecule has 1 atom stereocenters. The molecule has 0 aromatic heterocycles. The Hall–Kier alpha value is -1.54. The Morgan fingerprint density at radius 1 is 1.44 bits per heavy atom. The van der Waals surface area contributed by atoms with Gasteiger partial charge < -0.3 is 10.6 Å². The van der Waals surface area contributed by atoms with Gasteiger partial charge in [0, 0.05) is 16.7 Å². The summed E-state index contributed by atoms with van der Waals surface area (Å²) in [5.74, 6) is -0.298. The molecule has 2 N–H and O–H groups in total. The molecule has 94 valence electrons. The third-order valence-electron chi connectivity index (χ3n) is 3.17. The van der Waals surface area contributed by atoms with E-state index in [0.717, 1.165) is 36.0 Å². The van der Waals surface area contributed by atoms with Crippen LogP contribution in [0, 0.1) is 11.3 Å². The van der Waals surface area contributed by atoms with Gasteiger partial charge in [-0.15, -0.1) is 0 Å². The highest BCUT2D eigenvalue weighted by Crippen LogP contribution is 2.28. The summed E-state index contributed by atoms with van der Waals surface area (Å²) >= 11 is 3.38. The molecule has 1 aliphatic rings. The second-order valence-corrected chi connectivity index (χ2v) is 5.33. The number of carbonyl (C=O) groups excluding carboxylic acids is 1. The van der Waals surface area contributed by atoms with E-state index in [4.69, 9.17) is 11.0 Å². The third kappa shape index (κ3) is 2.65. The van der Waals surface area contributed by atoms with E-state index in [-0.39, 0.29) is 11.9 Å². The van der Waals surface area contributed by atoms with Crippen LogP contribution in [0.25, 0.3) is 0 Å². The van der Waals surface area contributed by atoms with Gasteiger partial charge in [-0.05, 0) is 37.5 Å². The van der Waals surface area contributed by atoms with Crippen LogP contribution in [0.3, 0.4) is 0 Å². The summed E-state index contributed by atoms with van der Waals surface area (Å²) in [5.41, 5.74) is 6.90. The van der Waals surface area contributed by atoms with E-state index in [0.29, 0.717) is 5.56 Å². The number of halogens is 1. The largest absolute Gasteiger partial charge is 0.368 e. The van der Waals surface area contributed by atoms with Crippen LogP contribution in [0.1, 0.15) is 24.8 Å². The summed E-state index contributed by atoms with van der Waals surface area (Å²) in [5, 5.41) is 8.98. The number of hydrogen-bond donors (Lipinski definition) is 1. The van der Waals surface area contributed by atoms with Gasteiger partial charge in [0.1, 0.15) is 6.04 Å². The van der Waals surface area contributed by atoms with E-state index >= 15 is 0 Å². The number of nitrogens with zero attached hydrogens (tertiary/aromatic N) is 2. The number of hydrogen-bond acceptors (Lipinski definition) is 3. The van der Waals surface area contributed by atoms with Crippen LogP contribution >= 0.6 is 15.9 Å². The van der Waals surface area contributed by atoms with Crippen molar-refractivity contribution in [3.63, 3.8) is 0 Å². The molecule has 1 unspecified atom stereocenters. The average molecular weight is 308 g/mol. The summed E-state index contributed by atoms with van der Waals surface area (Å²) < 4.78 is 0.838. The highest BCUT2D eigenvalue weighted by molar-refractivity contribution is 9.10. The van der Waals surface area contributed by atoms with Crippen molar-refractivity contribution in [2.45, 2.75) is 25.3 Å². The summed E-state index contributed by atoms with van der Waals surface area (Å²) in [6.45, 7) is 0.801. The van der Waals surface area contributed by atoms with Gasteiger partial charge in [0.15, 0.2) is 0 Å². The summed E-state index contributed by atoms with van der Waals surface area (Å²) in [4.78, 5) is 13.5. The zero-order chi connectivity index (χ0) is 13.1. The lowest BCUT2D eigenvalue weighted by molar-refractivity contribution is -0.119. The molecule has 1 amide bonds. The zero-order valence-corrected chi connectivity index (χ0v) is 11.5. The Balaban J connectivity index is 2.36. The molecule has 1 fully saturated rings. The van der Waals surface area contributed by atoms with Crippen molar-refractivity contribution in [2.75, 3.05) is 11.4 Å². The molecule has 1 aromatic carbocycles. The quantitative estimate of drug-likeness (QED) is 0.910. The molecule has 2 rings (SSSR count). The number of anilines is 1. The highest BCUT2D eigenvalue weighted by Gasteiger charge is 2.27. The fraction of sp³-hybridized carbons (Fsp3) is 0.385. The standard InChI is InChI=1S/C13H14BrN3O/c14-10-5-9(8-15)6-11(7-10)17-4-2-1-3-12(17)13(16)18/h5-7,12H,1-4H2,(H2,16,18). The molecule has 1 saturated heterocycles. The lowest BCUT2D eigenvalue weighted by Crippen LogP contribution is -2.47. The van der Waals surface area contributed by atoms with E-state index in [1.807, 2.05) is 11.0 Å². The fourth-order valence-electron chi connectivity index (χ4n) is 2.34. The summed E-state index contributed by atoms with van der Waals surface area (Å²) in [6, 6.07) is 7.33. The van der Waals surface area contributed by atoms with Crippen molar-refractivity contribution in [1.29, 1.82) is 5.26 Å². The molecule has 0 spiro atoms. The maximum Gasteiger partial charge on any atom is 0.240 e. The van der Waals surface area contributed by atoms with Crippen molar-refractivity contribution in [1.82, 2.24) is 0 Å². The molecule has 18 heavy (non-hydrogen) atoms. The Labute approximate surface area is 115 Å².